The molecule has 2 N–H and O–H groups in total. The highest BCUT2D eigenvalue weighted by Crippen LogP contribution is 2.17. The third-order valence-corrected chi connectivity index (χ3v) is 3.57. The van der Waals surface area contributed by atoms with Crippen LogP contribution in [0.5, 0.6) is 0 Å². The Hall–Kier alpha value is -0.960. The molecule has 0 amide bonds. The summed E-state index contributed by atoms with van der Waals surface area (Å²) < 4.78 is 5.79. The topological polar surface area (TPSA) is 38.5 Å². The van der Waals surface area contributed by atoms with E-state index >= 15 is 0 Å². The summed E-state index contributed by atoms with van der Waals surface area (Å²) in [5.74, 6) is 0.870. The Morgan fingerprint density at radius 3 is 2.58 bits per heavy atom. The van der Waals surface area contributed by atoms with Crippen molar-refractivity contribution >= 4 is 0 Å². The van der Waals surface area contributed by atoms with Crippen LogP contribution in [-0.4, -0.2) is 30.7 Å². The maximum atomic E-state index is 6.15. The molecule has 0 aromatic carbocycles. The fraction of sp³-hybridized carbons (Fsp3) is 0.750. The van der Waals surface area contributed by atoms with Crippen molar-refractivity contribution in [1.29, 1.82) is 0 Å². The van der Waals surface area contributed by atoms with E-state index in [9.17, 15) is 0 Å². The molecule has 3 heteroatoms. The number of allylic oxidation sites excluding steroid dienone is 2. The molecule has 0 radical (unpaired) electrons. The van der Waals surface area contributed by atoms with Crippen molar-refractivity contribution in [1.82, 2.24) is 4.90 Å². The third kappa shape index (κ3) is 6.15. The molecule has 110 valence electrons. The predicted molar refractivity (Wildman–Crippen MR) is 81.8 cm³/mol. The maximum Gasteiger partial charge on any atom is 0.0988 e. The Morgan fingerprint density at radius 2 is 2.00 bits per heavy atom. The lowest BCUT2D eigenvalue weighted by Gasteiger charge is -2.33. The quantitative estimate of drug-likeness (QED) is 0.684. The fourth-order valence-corrected chi connectivity index (χ4v) is 2.34. The largest absolute Gasteiger partial charge is 0.385 e. The molecule has 19 heavy (non-hydrogen) atoms. The Labute approximate surface area is 118 Å². The van der Waals surface area contributed by atoms with Gasteiger partial charge in [-0.2, -0.15) is 0 Å². The normalized spacial score (nSPS) is 17.8. The molecule has 0 saturated carbocycles. The van der Waals surface area contributed by atoms with Crippen LogP contribution < -0.4 is 5.73 Å². The molecule has 0 atom stereocenters. The van der Waals surface area contributed by atoms with Gasteiger partial charge in [0.1, 0.15) is 0 Å². The smallest absolute Gasteiger partial charge is 0.0988 e. The van der Waals surface area contributed by atoms with Gasteiger partial charge in [0.2, 0.25) is 0 Å². The first-order chi connectivity index (χ1) is 9.17. The van der Waals surface area contributed by atoms with E-state index in [1.807, 2.05) is 6.08 Å². The van der Waals surface area contributed by atoms with Crippen molar-refractivity contribution in [2.45, 2.75) is 58.5 Å². The second-order valence-corrected chi connectivity index (χ2v) is 5.39. The minimum atomic E-state index is 0.423. The molecular weight excluding hydrogens is 236 g/mol. The zero-order valence-corrected chi connectivity index (χ0v) is 12.7. The van der Waals surface area contributed by atoms with Crippen LogP contribution >= 0.6 is 0 Å². The van der Waals surface area contributed by atoms with Gasteiger partial charge in [0.15, 0.2) is 0 Å². The average molecular weight is 266 g/mol. The molecule has 0 unspecified atom stereocenters. The standard InChI is InChI=1S/C16H30N2O/c1-4-6-7-14(3)13-16(17)18-10-8-15(9-11-18)19-12-5-2/h13,15H,3-12,17H2,1-2H3/b16-13+. The Morgan fingerprint density at radius 1 is 1.32 bits per heavy atom. The van der Waals surface area contributed by atoms with E-state index in [4.69, 9.17) is 10.5 Å². The lowest BCUT2D eigenvalue weighted by Crippen LogP contribution is -2.38. The van der Waals surface area contributed by atoms with Gasteiger partial charge in [-0.1, -0.05) is 32.4 Å². The molecule has 0 aromatic rings. The molecule has 1 fully saturated rings. The number of unbranched alkanes of at least 4 members (excludes halogenated alkanes) is 1. The summed E-state index contributed by atoms with van der Waals surface area (Å²) >= 11 is 0. The van der Waals surface area contributed by atoms with Crippen LogP contribution in [0.2, 0.25) is 0 Å². The van der Waals surface area contributed by atoms with Gasteiger partial charge in [0.05, 0.1) is 11.9 Å². The number of likely N-dealkylation sites (tertiary alicyclic amines) is 1. The summed E-state index contributed by atoms with van der Waals surface area (Å²) in [6.45, 7) is 11.3. The third-order valence-electron chi connectivity index (χ3n) is 3.57. The van der Waals surface area contributed by atoms with E-state index in [1.165, 1.54) is 12.8 Å². The van der Waals surface area contributed by atoms with E-state index < -0.39 is 0 Å². The van der Waals surface area contributed by atoms with E-state index in [0.29, 0.717) is 6.10 Å². The second kappa shape index (κ2) is 9.03. The Balaban J connectivity index is 2.33. The predicted octanol–water partition coefficient (Wildman–Crippen LogP) is 3.42. The first kappa shape index (κ1) is 16.1. The van der Waals surface area contributed by atoms with E-state index in [-0.39, 0.29) is 0 Å². The second-order valence-electron chi connectivity index (χ2n) is 5.39. The molecule has 1 saturated heterocycles. The molecule has 3 nitrogen and oxygen atoms in total. The molecule has 0 spiro atoms. The molecular formula is C16H30N2O. The lowest BCUT2D eigenvalue weighted by atomic mass is 10.1. The van der Waals surface area contributed by atoms with Crippen molar-refractivity contribution in [3.05, 3.63) is 24.0 Å². The maximum absolute atomic E-state index is 6.15. The summed E-state index contributed by atoms with van der Waals surface area (Å²) in [7, 11) is 0. The van der Waals surface area contributed by atoms with Crippen LogP contribution in [0, 0.1) is 0 Å². The summed E-state index contributed by atoms with van der Waals surface area (Å²) in [5.41, 5.74) is 7.29. The number of hydrogen-bond donors (Lipinski definition) is 1. The van der Waals surface area contributed by atoms with Crippen LogP contribution in [0.25, 0.3) is 0 Å². The highest BCUT2D eigenvalue weighted by molar-refractivity contribution is 5.18. The molecule has 0 aliphatic carbocycles. The zero-order valence-electron chi connectivity index (χ0n) is 12.7. The average Bonchev–Trinajstić information content (AvgIpc) is 2.43. The van der Waals surface area contributed by atoms with E-state index in [2.05, 4.69) is 25.3 Å². The monoisotopic (exact) mass is 266 g/mol. The van der Waals surface area contributed by atoms with E-state index in [1.54, 1.807) is 0 Å². The molecule has 0 bridgehead atoms. The van der Waals surface area contributed by atoms with Gasteiger partial charge in [-0.15, -0.1) is 0 Å². The van der Waals surface area contributed by atoms with Crippen LogP contribution in [0.15, 0.2) is 24.0 Å². The Kier molecular flexibility index (Phi) is 7.65. The minimum absolute atomic E-state index is 0.423. The van der Waals surface area contributed by atoms with Crippen molar-refractivity contribution in [3.8, 4) is 0 Å². The molecule has 1 heterocycles. The SMILES string of the molecule is C=C(/C=C(\N)N1CCC(OCCC)CC1)CCCC. The number of hydrogen-bond acceptors (Lipinski definition) is 3. The van der Waals surface area contributed by atoms with Crippen LogP contribution in [0.3, 0.4) is 0 Å². The van der Waals surface area contributed by atoms with Gasteiger partial charge in [-0.05, 0) is 38.2 Å². The molecule has 1 rings (SSSR count). The number of nitrogens with two attached hydrogens (primary N) is 1. The highest BCUT2D eigenvalue weighted by Gasteiger charge is 2.19. The van der Waals surface area contributed by atoms with Gasteiger partial charge in [-0.25, -0.2) is 0 Å². The van der Waals surface area contributed by atoms with Gasteiger partial charge in [-0.3, -0.25) is 0 Å². The summed E-state index contributed by atoms with van der Waals surface area (Å²) in [6, 6.07) is 0. The zero-order chi connectivity index (χ0) is 14.1. The van der Waals surface area contributed by atoms with Crippen LogP contribution in [0.1, 0.15) is 52.4 Å². The number of rotatable bonds is 8. The highest BCUT2D eigenvalue weighted by atomic mass is 16.5. The first-order valence-corrected chi connectivity index (χ1v) is 7.68. The van der Waals surface area contributed by atoms with Gasteiger partial charge in [0, 0.05) is 19.7 Å². The number of ether oxygens (including phenoxy) is 1. The van der Waals surface area contributed by atoms with Crippen molar-refractivity contribution in [2.24, 2.45) is 5.73 Å². The van der Waals surface area contributed by atoms with Crippen molar-refractivity contribution in [3.63, 3.8) is 0 Å². The summed E-state index contributed by atoms with van der Waals surface area (Å²) in [4.78, 5) is 2.25. The minimum Gasteiger partial charge on any atom is -0.385 e. The van der Waals surface area contributed by atoms with E-state index in [0.717, 1.165) is 56.8 Å². The summed E-state index contributed by atoms with van der Waals surface area (Å²) in [5, 5.41) is 0. The molecule has 1 aliphatic rings. The molecule has 0 aromatic heterocycles. The number of piperidine rings is 1. The van der Waals surface area contributed by atoms with Crippen molar-refractivity contribution in [2.75, 3.05) is 19.7 Å². The van der Waals surface area contributed by atoms with Crippen LogP contribution in [0.4, 0.5) is 0 Å². The van der Waals surface area contributed by atoms with Gasteiger partial charge in [0.25, 0.3) is 0 Å². The summed E-state index contributed by atoms with van der Waals surface area (Å²) in [6.07, 6.45) is 9.16. The van der Waals surface area contributed by atoms with Gasteiger partial charge >= 0.3 is 0 Å². The van der Waals surface area contributed by atoms with Gasteiger partial charge < -0.3 is 15.4 Å². The Bertz CT molecular complexity index is 291. The lowest BCUT2D eigenvalue weighted by molar-refractivity contribution is 0.0141. The number of nitrogens with zero attached hydrogens (tertiary/aromatic N) is 1. The van der Waals surface area contributed by atoms with Crippen molar-refractivity contribution < 1.29 is 4.74 Å². The first-order valence-electron chi connectivity index (χ1n) is 7.68. The fourth-order valence-electron chi connectivity index (χ4n) is 2.34. The molecule has 1 aliphatic heterocycles. The van der Waals surface area contributed by atoms with Crippen LogP contribution in [-0.2, 0) is 4.74 Å².